The fourth-order valence-electron chi connectivity index (χ4n) is 2.00. The number of hydrogen-bond acceptors (Lipinski definition) is 5. The van der Waals surface area contributed by atoms with Crippen LogP contribution in [-0.2, 0) is 19.6 Å². The summed E-state index contributed by atoms with van der Waals surface area (Å²) in [6.45, 7) is 2.90. The summed E-state index contributed by atoms with van der Waals surface area (Å²) in [6, 6.07) is 8.65. The van der Waals surface area contributed by atoms with Gasteiger partial charge in [-0.05, 0) is 55.8 Å². The van der Waals surface area contributed by atoms with Gasteiger partial charge in [0, 0.05) is 5.69 Å². The van der Waals surface area contributed by atoms with Crippen molar-refractivity contribution in [1.29, 1.82) is 0 Å². The van der Waals surface area contributed by atoms with E-state index >= 15 is 0 Å². The van der Waals surface area contributed by atoms with Gasteiger partial charge < -0.3 is 10.5 Å². The van der Waals surface area contributed by atoms with Crippen LogP contribution in [0.2, 0.25) is 0 Å². The maximum Gasteiger partial charge on any atom is 0.339 e. The number of primary amides is 1. The molecule has 0 radical (unpaired) electrons. The molecule has 1 atom stereocenters. The number of ether oxygens (including phenoxy) is 1. The molecule has 138 valence electrons. The number of sulfonamides is 1. The summed E-state index contributed by atoms with van der Waals surface area (Å²) in [5.74, 6) is -2.19. The predicted octanol–water partition coefficient (Wildman–Crippen LogP) is 1.97. The molecule has 0 unspecified atom stereocenters. The minimum absolute atomic E-state index is 0.0138. The first kappa shape index (κ1) is 19.4. The molecular weight excluding hydrogens is 363 g/mol. The Bertz CT molecular complexity index is 942. The van der Waals surface area contributed by atoms with E-state index in [4.69, 9.17) is 10.5 Å². The second kappa shape index (κ2) is 7.52. The number of aryl methyl sites for hydroxylation is 1. The van der Waals surface area contributed by atoms with Crippen LogP contribution in [0.3, 0.4) is 0 Å². The molecule has 0 spiro atoms. The largest absolute Gasteiger partial charge is 0.449 e. The molecule has 0 heterocycles. The van der Waals surface area contributed by atoms with Gasteiger partial charge in [-0.25, -0.2) is 17.6 Å². The van der Waals surface area contributed by atoms with Gasteiger partial charge in [0.05, 0.1) is 10.5 Å². The summed E-state index contributed by atoms with van der Waals surface area (Å²) >= 11 is 0. The molecule has 9 heteroatoms. The van der Waals surface area contributed by atoms with Crippen molar-refractivity contribution < 1.29 is 27.1 Å². The summed E-state index contributed by atoms with van der Waals surface area (Å²) in [5.41, 5.74) is 5.66. The first-order valence-corrected chi connectivity index (χ1v) is 8.98. The van der Waals surface area contributed by atoms with Crippen molar-refractivity contribution in [3.8, 4) is 0 Å². The van der Waals surface area contributed by atoms with Crippen molar-refractivity contribution in [3.05, 3.63) is 59.4 Å². The highest BCUT2D eigenvalue weighted by Crippen LogP contribution is 2.20. The van der Waals surface area contributed by atoms with Gasteiger partial charge in [0.25, 0.3) is 15.9 Å². The van der Waals surface area contributed by atoms with E-state index in [9.17, 15) is 22.4 Å². The van der Waals surface area contributed by atoms with Crippen molar-refractivity contribution in [2.45, 2.75) is 24.8 Å². The third-order valence-electron chi connectivity index (χ3n) is 3.52. The number of carbonyl (C=O) groups is 2. The highest BCUT2D eigenvalue weighted by atomic mass is 32.2. The molecular formula is C17H17FN2O5S. The smallest absolute Gasteiger partial charge is 0.339 e. The van der Waals surface area contributed by atoms with Crippen molar-refractivity contribution in [3.63, 3.8) is 0 Å². The number of anilines is 1. The van der Waals surface area contributed by atoms with Crippen LogP contribution in [0.4, 0.5) is 10.1 Å². The summed E-state index contributed by atoms with van der Waals surface area (Å²) in [6.07, 6.45) is -1.15. The van der Waals surface area contributed by atoms with Gasteiger partial charge in [-0.3, -0.25) is 9.52 Å². The van der Waals surface area contributed by atoms with Crippen LogP contribution in [0.25, 0.3) is 0 Å². The first-order valence-electron chi connectivity index (χ1n) is 7.49. The maximum atomic E-state index is 12.9. The monoisotopic (exact) mass is 380 g/mol. The summed E-state index contributed by atoms with van der Waals surface area (Å²) in [7, 11) is -4.02. The molecule has 2 aromatic carbocycles. The van der Waals surface area contributed by atoms with Crippen LogP contribution >= 0.6 is 0 Å². The van der Waals surface area contributed by atoms with Gasteiger partial charge in [0.2, 0.25) is 0 Å². The molecule has 2 aromatic rings. The van der Waals surface area contributed by atoms with E-state index in [-0.39, 0.29) is 16.1 Å². The molecule has 0 aliphatic carbocycles. The van der Waals surface area contributed by atoms with E-state index in [0.29, 0.717) is 5.56 Å². The minimum atomic E-state index is -4.02. The van der Waals surface area contributed by atoms with Crippen LogP contribution in [-0.4, -0.2) is 26.4 Å². The maximum absolute atomic E-state index is 12.9. The SMILES string of the molecule is Cc1ccc(S(=O)(=O)Nc2ccc(F)cc2)cc1C(=O)O[C@@H](C)C(N)=O. The average Bonchev–Trinajstić information content (AvgIpc) is 2.56. The van der Waals surface area contributed by atoms with Gasteiger partial charge in [0.15, 0.2) is 6.10 Å². The van der Waals surface area contributed by atoms with E-state index in [2.05, 4.69) is 4.72 Å². The lowest BCUT2D eigenvalue weighted by molar-refractivity contribution is -0.125. The number of carbonyl (C=O) groups excluding carboxylic acids is 2. The normalized spacial score (nSPS) is 12.3. The van der Waals surface area contributed by atoms with Crippen LogP contribution in [0.5, 0.6) is 0 Å². The Balaban J connectivity index is 2.31. The Morgan fingerprint density at radius 1 is 1.15 bits per heavy atom. The highest BCUT2D eigenvalue weighted by Gasteiger charge is 2.21. The fraction of sp³-hybridized carbons (Fsp3) is 0.176. The van der Waals surface area contributed by atoms with E-state index in [1.54, 1.807) is 6.92 Å². The van der Waals surface area contributed by atoms with Crippen molar-refractivity contribution in [1.82, 2.24) is 0 Å². The summed E-state index contributed by atoms with van der Waals surface area (Å²) < 4.78 is 45.1. The van der Waals surface area contributed by atoms with Crippen molar-refractivity contribution in [2.24, 2.45) is 5.73 Å². The Hall–Kier alpha value is -2.94. The number of amides is 1. The molecule has 0 aromatic heterocycles. The standard InChI is InChI=1S/C17H17FN2O5S/c1-10-3-8-14(9-15(10)17(22)25-11(2)16(19)21)26(23,24)20-13-6-4-12(18)5-7-13/h3-9,11,20H,1-2H3,(H2,19,21)/t11-/m0/s1. The van der Waals surface area contributed by atoms with E-state index < -0.39 is 33.8 Å². The lowest BCUT2D eigenvalue weighted by Gasteiger charge is -2.13. The quantitative estimate of drug-likeness (QED) is 0.744. The van der Waals surface area contributed by atoms with Crippen molar-refractivity contribution in [2.75, 3.05) is 4.72 Å². The number of rotatable bonds is 6. The van der Waals surface area contributed by atoms with E-state index in [1.165, 1.54) is 31.2 Å². The third-order valence-corrected chi connectivity index (χ3v) is 4.90. The van der Waals surface area contributed by atoms with Gasteiger partial charge in [0.1, 0.15) is 5.82 Å². The van der Waals surface area contributed by atoms with E-state index in [0.717, 1.165) is 18.2 Å². The molecule has 0 saturated heterocycles. The van der Waals surface area contributed by atoms with Crippen LogP contribution in [0.15, 0.2) is 47.4 Å². The van der Waals surface area contributed by atoms with Gasteiger partial charge in [-0.15, -0.1) is 0 Å². The second-order valence-corrected chi connectivity index (χ2v) is 7.22. The zero-order chi connectivity index (χ0) is 19.5. The number of nitrogens with one attached hydrogen (secondary N) is 1. The molecule has 3 N–H and O–H groups in total. The minimum Gasteiger partial charge on any atom is -0.449 e. The Kier molecular flexibility index (Phi) is 5.61. The Morgan fingerprint density at radius 3 is 2.35 bits per heavy atom. The van der Waals surface area contributed by atoms with Crippen molar-refractivity contribution >= 4 is 27.6 Å². The lowest BCUT2D eigenvalue weighted by Crippen LogP contribution is -2.30. The van der Waals surface area contributed by atoms with Gasteiger partial charge >= 0.3 is 5.97 Å². The summed E-state index contributed by atoms with van der Waals surface area (Å²) in [4.78, 5) is 23.0. The zero-order valence-corrected chi connectivity index (χ0v) is 14.8. The number of esters is 1. The zero-order valence-electron chi connectivity index (χ0n) is 14.0. The van der Waals surface area contributed by atoms with Gasteiger partial charge in [-0.1, -0.05) is 6.07 Å². The van der Waals surface area contributed by atoms with Crippen LogP contribution in [0.1, 0.15) is 22.8 Å². The first-order chi connectivity index (χ1) is 12.1. The molecule has 0 fully saturated rings. The topological polar surface area (TPSA) is 116 Å². The Labute approximate surface area is 150 Å². The molecule has 0 aliphatic rings. The number of hydrogen-bond donors (Lipinski definition) is 2. The average molecular weight is 380 g/mol. The van der Waals surface area contributed by atoms with Gasteiger partial charge in [-0.2, -0.15) is 0 Å². The molecule has 26 heavy (non-hydrogen) atoms. The van der Waals surface area contributed by atoms with Crippen LogP contribution < -0.4 is 10.5 Å². The third kappa shape index (κ3) is 4.57. The number of benzene rings is 2. The number of halogens is 1. The van der Waals surface area contributed by atoms with Crippen LogP contribution in [0, 0.1) is 12.7 Å². The number of nitrogens with two attached hydrogens (primary N) is 1. The highest BCUT2D eigenvalue weighted by molar-refractivity contribution is 7.92. The predicted molar refractivity (Wildman–Crippen MR) is 92.5 cm³/mol. The lowest BCUT2D eigenvalue weighted by atomic mass is 10.1. The Morgan fingerprint density at radius 2 is 1.77 bits per heavy atom. The molecule has 0 saturated carbocycles. The summed E-state index contributed by atoms with van der Waals surface area (Å²) in [5, 5.41) is 0. The fourth-order valence-corrected chi connectivity index (χ4v) is 3.09. The molecule has 0 bridgehead atoms. The van der Waals surface area contributed by atoms with E-state index in [1.807, 2.05) is 0 Å². The molecule has 0 aliphatic heterocycles. The molecule has 2 rings (SSSR count). The molecule has 1 amide bonds. The molecule has 7 nitrogen and oxygen atoms in total. The second-order valence-electron chi connectivity index (χ2n) is 5.54.